The minimum atomic E-state index is -4.94. The van der Waals surface area contributed by atoms with Gasteiger partial charge in [0.2, 0.25) is 0 Å². The number of Topliss-reactive ketones (excluding diaryl/α,β-unsaturated/α-hetero) is 1. The summed E-state index contributed by atoms with van der Waals surface area (Å²) in [6.45, 7) is 2.74. The molecule has 7 nitrogen and oxygen atoms in total. The minimum absolute atomic E-state index is 0.0438. The van der Waals surface area contributed by atoms with E-state index in [1.807, 2.05) is 30.6 Å². The molecule has 3 aromatic rings. The molecular formula is C19H18ClFN2O5S. The molecule has 154 valence electrons. The molecule has 0 saturated heterocycles. The molecule has 0 aliphatic heterocycles. The lowest BCUT2D eigenvalue weighted by atomic mass is 10.1. The summed E-state index contributed by atoms with van der Waals surface area (Å²) in [4.78, 5) is 16.6. The van der Waals surface area contributed by atoms with Gasteiger partial charge in [0, 0.05) is 35.5 Å². The average Bonchev–Trinajstić information content (AvgIpc) is 3.08. The van der Waals surface area contributed by atoms with Crippen LogP contribution >= 0.6 is 11.3 Å². The summed E-state index contributed by atoms with van der Waals surface area (Å²) in [5, 5.41) is 3.04. The standard InChI is InChI=1S/C19H18FN2OS.ClHO4/c1-14-13-24-19(21-14)16-4-2-10-22(12-16)11-3-5-18(23)15-6-8-17(20)9-7-15;2-1(3,4)5/h2,4,6-10,12-13H,3,5,11H2,1H3;(H,2,3,4,5)/q+1;/p-1. The van der Waals surface area contributed by atoms with Gasteiger partial charge in [-0.3, -0.25) is 4.79 Å². The van der Waals surface area contributed by atoms with Crippen LogP contribution in [0.1, 0.15) is 28.9 Å². The first kappa shape index (κ1) is 23.0. The Morgan fingerprint density at radius 2 is 1.83 bits per heavy atom. The first-order chi connectivity index (χ1) is 13.6. The fraction of sp³-hybridized carbons (Fsp3) is 0.211. The minimum Gasteiger partial charge on any atom is -0.294 e. The Bertz CT molecular complexity index is 938. The predicted octanol–water partition coefficient (Wildman–Crippen LogP) is -0.548. The lowest BCUT2D eigenvalue weighted by Gasteiger charge is -2.17. The molecule has 0 radical (unpaired) electrons. The highest BCUT2D eigenvalue weighted by atomic mass is 35.7. The normalized spacial score (nSPS) is 11.0. The van der Waals surface area contributed by atoms with Crippen LogP contribution in [0.3, 0.4) is 0 Å². The van der Waals surface area contributed by atoms with Crippen LogP contribution in [0, 0.1) is 23.0 Å². The highest BCUT2D eigenvalue weighted by molar-refractivity contribution is 7.13. The Balaban J connectivity index is 0.000000537. The molecule has 0 amide bonds. The zero-order valence-electron chi connectivity index (χ0n) is 15.4. The Labute approximate surface area is 173 Å². The second-order valence-corrected chi connectivity index (χ2v) is 7.65. The van der Waals surface area contributed by atoms with Gasteiger partial charge in [-0.25, -0.2) is 32.6 Å². The molecule has 0 atom stereocenters. The molecule has 0 N–H and O–H groups in total. The first-order valence-electron chi connectivity index (χ1n) is 8.44. The van der Waals surface area contributed by atoms with Crippen LogP contribution in [-0.2, 0) is 6.54 Å². The summed E-state index contributed by atoms with van der Waals surface area (Å²) >= 11 is 1.63. The molecule has 0 fully saturated rings. The SMILES string of the molecule is Cc1csc(-c2ccc[n+](CCCC(=O)c3ccc(F)cc3)c2)n1.[O-][Cl+3]([O-])([O-])[O-]. The Morgan fingerprint density at radius 1 is 1.17 bits per heavy atom. The average molecular weight is 441 g/mol. The van der Waals surface area contributed by atoms with Gasteiger partial charge in [0.15, 0.2) is 18.2 Å². The topological polar surface area (TPSA) is 126 Å². The molecular weight excluding hydrogens is 423 g/mol. The molecule has 29 heavy (non-hydrogen) atoms. The van der Waals surface area contributed by atoms with E-state index in [0.29, 0.717) is 12.0 Å². The van der Waals surface area contributed by atoms with Crippen molar-refractivity contribution in [1.29, 1.82) is 0 Å². The largest absolute Gasteiger partial charge is 0.294 e. The third-order valence-electron chi connectivity index (χ3n) is 3.71. The van der Waals surface area contributed by atoms with Crippen molar-refractivity contribution < 1.29 is 42.6 Å². The Hall–Kier alpha value is -2.27. The van der Waals surface area contributed by atoms with Gasteiger partial charge in [-0.2, -0.15) is 0 Å². The molecule has 1 aromatic carbocycles. The molecule has 10 heteroatoms. The molecule has 0 spiro atoms. The quantitative estimate of drug-likeness (QED) is 0.374. The van der Waals surface area contributed by atoms with E-state index in [1.54, 1.807) is 11.3 Å². The number of rotatable bonds is 6. The van der Waals surface area contributed by atoms with Crippen molar-refractivity contribution in [3.8, 4) is 10.6 Å². The Morgan fingerprint density at radius 3 is 2.41 bits per heavy atom. The number of hydrogen-bond donors (Lipinski definition) is 0. The number of ketones is 1. The molecule has 0 aliphatic carbocycles. The zero-order chi connectivity index (χ0) is 21.4. The van der Waals surface area contributed by atoms with Crippen molar-refractivity contribution in [2.45, 2.75) is 26.3 Å². The molecule has 0 saturated carbocycles. The fourth-order valence-electron chi connectivity index (χ4n) is 2.48. The Kier molecular flexibility index (Phi) is 8.32. The number of pyridine rings is 1. The van der Waals surface area contributed by atoms with Crippen LogP contribution in [0.25, 0.3) is 10.6 Å². The van der Waals surface area contributed by atoms with Gasteiger partial charge in [0.1, 0.15) is 17.4 Å². The number of nitrogens with zero attached hydrogens (tertiary/aromatic N) is 2. The summed E-state index contributed by atoms with van der Waals surface area (Å²) in [6.07, 6.45) is 5.23. The third-order valence-corrected chi connectivity index (χ3v) is 4.72. The molecule has 0 aliphatic rings. The van der Waals surface area contributed by atoms with Crippen LogP contribution in [0.5, 0.6) is 0 Å². The maximum absolute atomic E-state index is 12.9. The van der Waals surface area contributed by atoms with Gasteiger partial charge in [-0.1, -0.05) is 0 Å². The summed E-state index contributed by atoms with van der Waals surface area (Å²) in [5.41, 5.74) is 2.67. The van der Waals surface area contributed by atoms with E-state index in [-0.39, 0.29) is 11.6 Å². The lowest BCUT2D eigenvalue weighted by Crippen LogP contribution is -2.68. The number of carbonyl (C=O) groups is 1. The smallest absolute Gasteiger partial charge is 0.179 e. The summed E-state index contributed by atoms with van der Waals surface area (Å²) in [6, 6.07) is 9.75. The van der Waals surface area contributed by atoms with Crippen molar-refractivity contribution in [1.82, 2.24) is 4.98 Å². The molecule has 0 unspecified atom stereocenters. The monoisotopic (exact) mass is 440 g/mol. The summed E-state index contributed by atoms with van der Waals surface area (Å²) in [5.74, 6) is -0.279. The second-order valence-electron chi connectivity index (χ2n) is 6.04. The lowest BCUT2D eigenvalue weighted by molar-refractivity contribution is -2.00. The predicted molar refractivity (Wildman–Crippen MR) is 92.4 cm³/mol. The molecule has 2 aromatic heterocycles. The number of carbonyl (C=O) groups excluding carboxylic acids is 1. The fourth-order valence-corrected chi connectivity index (χ4v) is 3.26. The zero-order valence-corrected chi connectivity index (χ0v) is 17.0. The van der Waals surface area contributed by atoms with Crippen molar-refractivity contribution >= 4 is 17.1 Å². The van der Waals surface area contributed by atoms with E-state index in [2.05, 4.69) is 15.7 Å². The molecule has 2 heterocycles. The third kappa shape index (κ3) is 8.73. The van der Waals surface area contributed by atoms with Crippen LogP contribution < -0.4 is 23.2 Å². The van der Waals surface area contributed by atoms with E-state index in [0.717, 1.165) is 29.2 Å². The van der Waals surface area contributed by atoms with Crippen LogP contribution in [0.4, 0.5) is 4.39 Å². The second kappa shape index (κ2) is 10.5. The van der Waals surface area contributed by atoms with Gasteiger partial charge in [0.05, 0.1) is 5.56 Å². The van der Waals surface area contributed by atoms with Crippen molar-refractivity contribution in [3.05, 3.63) is 71.2 Å². The van der Waals surface area contributed by atoms with Gasteiger partial charge < -0.3 is 0 Å². The van der Waals surface area contributed by atoms with E-state index < -0.39 is 10.2 Å². The van der Waals surface area contributed by atoms with Crippen LogP contribution in [0.2, 0.25) is 0 Å². The number of aryl methyl sites for hydroxylation is 2. The van der Waals surface area contributed by atoms with E-state index in [1.165, 1.54) is 24.3 Å². The highest BCUT2D eigenvalue weighted by Crippen LogP contribution is 2.21. The van der Waals surface area contributed by atoms with Gasteiger partial charge in [-0.15, -0.1) is 21.6 Å². The number of halogens is 2. The molecule has 0 bridgehead atoms. The van der Waals surface area contributed by atoms with Crippen molar-refractivity contribution in [3.63, 3.8) is 0 Å². The van der Waals surface area contributed by atoms with E-state index in [4.69, 9.17) is 18.6 Å². The van der Waals surface area contributed by atoms with E-state index >= 15 is 0 Å². The molecule has 3 rings (SSSR count). The van der Waals surface area contributed by atoms with Gasteiger partial charge >= 0.3 is 0 Å². The number of hydrogen-bond acceptors (Lipinski definition) is 7. The highest BCUT2D eigenvalue weighted by Gasteiger charge is 2.10. The van der Waals surface area contributed by atoms with E-state index in [9.17, 15) is 9.18 Å². The number of thiazole rings is 1. The number of benzene rings is 1. The summed E-state index contributed by atoms with van der Waals surface area (Å²) < 4.78 is 48.9. The maximum atomic E-state index is 12.9. The van der Waals surface area contributed by atoms with Gasteiger partial charge in [0.25, 0.3) is 0 Å². The maximum Gasteiger partial charge on any atom is 0.179 e. The van der Waals surface area contributed by atoms with Crippen LogP contribution in [0.15, 0.2) is 54.2 Å². The van der Waals surface area contributed by atoms with Gasteiger partial charge in [-0.05, 0) is 37.3 Å². The van der Waals surface area contributed by atoms with Crippen molar-refractivity contribution in [2.24, 2.45) is 0 Å². The summed E-state index contributed by atoms with van der Waals surface area (Å²) in [7, 11) is -4.94. The van der Waals surface area contributed by atoms with Crippen molar-refractivity contribution in [2.75, 3.05) is 0 Å². The number of aromatic nitrogens is 2. The van der Waals surface area contributed by atoms with Crippen LogP contribution in [-0.4, -0.2) is 10.8 Å². The first-order valence-corrected chi connectivity index (χ1v) is 10.6.